The molecule has 0 saturated carbocycles. The molecule has 6 aromatic carbocycles. The molecular weight excluding hydrogens is 729 g/mol. The molecule has 2 aliphatic carbocycles. The van der Waals surface area contributed by atoms with Gasteiger partial charge in [0.25, 0.3) is 0 Å². The quantitative estimate of drug-likeness (QED) is 0.162. The summed E-state index contributed by atoms with van der Waals surface area (Å²) in [7, 11) is 0. The third kappa shape index (κ3) is 4.33. The molecule has 2 atom stereocenters. The van der Waals surface area contributed by atoms with Gasteiger partial charge in [-0.3, -0.25) is 14.9 Å². The highest BCUT2D eigenvalue weighted by Crippen LogP contribution is 2.65. The van der Waals surface area contributed by atoms with Crippen LogP contribution < -0.4 is 14.4 Å². The topological polar surface area (TPSA) is 99.4 Å². The van der Waals surface area contributed by atoms with E-state index in [0.29, 0.717) is 39.8 Å². The van der Waals surface area contributed by atoms with Gasteiger partial charge in [-0.1, -0.05) is 72.8 Å². The summed E-state index contributed by atoms with van der Waals surface area (Å²) in [4.78, 5) is 16.1. The maximum absolute atomic E-state index is 9.83. The number of hydrogen-bond acceptors (Lipinski definition) is 7. The highest BCUT2D eigenvalue weighted by molar-refractivity contribution is 5.93. The Morgan fingerprint density at radius 1 is 0.593 bits per heavy atom. The first-order valence-corrected chi connectivity index (χ1v) is 19.1. The van der Waals surface area contributed by atoms with E-state index in [2.05, 4.69) is 82.5 Å². The standard InChI is InChI=1S/C51H26N6O2/c1-54-32-17-20-42-46(25-32)58-45-23-30(27-53)16-19-41(45)57(42)43-13-6-11-39-50(43)59-44-14-5-4-10-37(44)51(39)38-12-7-21-55-48(38)49-40(51)24-31(28-56-49)47-34-9-3-2-8-33(34)36-22-29(26-52)15-18-35(36)47/h2-25,28,47H. The molecule has 0 N–H and O–H groups in total. The molecule has 1 spiro atoms. The molecule has 0 amide bonds. The van der Waals surface area contributed by atoms with Crippen LogP contribution in [-0.2, 0) is 5.41 Å². The van der Waals surface area contributed by atoms with Crippen LogP contribution >= 0.6 is 0 Å². The number of fused-ring (bicyclic) bond motifs is 14. The number of nitrogens with zero attached hydrogens (tertiary/aromatic N) is 6. The Morgan fingerprint density at radius 3 is 2.20 bits per heavy atom. The number of pyridine rings is 2. The Bertz CT molecular complexity index is 3250. The molecule has 4 aliphatic rings. The number of benzene rings is 6. The largest absolute Gasteiger partial charge is 0.454 e. The average molecular weight is 755 g/mol. The molecular formula is C51H26N6O2. The van der Waals surface area contributed by atoms with Crippen molar-refractivity contribution in [2.24, 2.45) is 0 Å². The fourth-order valence-electron chi connectivity index (χ4n) is 9.79. The van der Waals surface area contributed by atoms with Gasteiger partial charge in [0, 0.05) is 41.1 Å². The van der Waals surface area contributed by atoms with Gasteiger partial charge in [-0.05, 0) is 94.0 Å². The predicted octanol–water partition coefficient (Wildman–Crippen LogP) is 12.0. The van der Waals surface area contributed by atoms with Crippen molar-refractivity contribution < 1.29 is 9.47 Å². The summed E-state index contributed by atoms with van der Waals surface area (Å²) in [6, 6.07) is 50.7. The van der Waals surface area contributed by atoms with Crippen LogP contribution in [0, 0.1) is 29.2 Å². The Morgan fingerprint density at radius 2 is 1.32 bits per heavy atom. The van der Waals surface area contributed by atoms with E-state index in [-0.39, 0.29) is 5.92 Å². The monoisotopic (exact) mass is 754 g/mol. The summed E-state index contributed by atoms with van der Waals surface area (Å²) in [5.74, 6) is 2.24. The van der Waals surface area contributed by atoms with E-state index in [1.54, 1.807) is 24.3 Å². The Hall–Kier alpha value is -8.51. The number of ether oxygens (including phenoxy) is 2. The average Bonchev–Trinajstić information content (AvgIpc) is 3.77. The first-order valence-electron chi connectivity index (χ1n) is 19.1. The number of nitriles is 2. The van der Waals surface area contributed by atoms with Gasteiger partial charge >= 0.3 is 0 Å². The van der Waals surface area contributed by atoms with Gasteiger partial charge in [0.05, 0.1) is 63.7 Å². The number of rotatable bonds is 2. The summed E-state index contributed by atoms with van der Waals surface area (Å²) in [5, 5.41) is 19.7. The summed E-state index contributed by atoms with van der Waals surface area (Å²) in [5.41, 5.74) is 13.9. The van der Waals surface area contributed by atoms with Crippen molar-refractivity contribution in [2.75, 3.05) is 4.90 Å². The molecule has 0 radical (unpaired) electrons. The van der Waals surface area contributed by atoms with Crippen molar-refractivity contribution in [3.63, 3.8) is 0 Å². The van der Waals surface area contributed by atoms with E-state index in [1.165, 1.54) is 5.56 Å². The van der Waals surface area contributed by atoms with Crippen molar-refractivity contribution in [1.29, 1.82) is 10.5 Å². The minimum absolute atomic E-state index is 0.110. The Labute approximate surface area is 338 Å². The van der Waals surface area contributed by atoms with Gasteiger partial charge in [0.15, 0.2) is 17.2 Å². The third-order valence-electron chi connectivity index (χ3n) is 12.1. The van der Waals surface area contributed by atoms with E-state index < -0.39 is 5.41 Å². The second-order valence-corrected chi connectivity index (χ2v) is 15.0. The zero-order valence-electron chi connectivity index (χ0n) is 31.0. The maximum atomic E-state index is 9.83. The molecule has 272 valence electrons. The van der Waals surface area contributed by atoms with E-state index in [4.69, 9.17) is 26.0 Å². The molecule has 2 aromatic heterocycles. The highest BCUT2D eigenvalue weighted by Gasteiger charge is 2.53. The van der Waals surface area contributed by atoms with E-state index in [0.717, 1.165) is 73.0 Å². The minimum atomic E-state index is -0.885. The first-order chi connectivity index (χ1) is 29.1. The maximum Gasteiger partial charge on any atom is 0.191 e. The molecule has 12 rings (SSSR count). The number of para-hydroxylation sites is 2. The Balaban J connectivity index is 1.14. The van der Waals surface area contributed by atoms with Crippen molar-refractivity contribution >= 4 is 22.7 Å². The highest BCUT2D eigenvalue weighted by atomic mass is 16.5. The molecule has 0 bridgehead atoms. The summed E-state index contributed by atoms with van der Waals surface area (Å²) in [6.07, 6.45) is 3.81. The lowest BCUT2D eigenvalue weighted by molar-refractivity contribution is 0.436. The van der Waals surface area contributed by atoms with Gasteiger partial charge in [-0.15, -0.1) is 0 Å². The predicted molar refractivity (Wildman–Crippen MR) is 223 cm³/mol. The second-order valence-electron chi connectivity index (χ2n) is 15.0. The van der Waals surface area contributed by atoms with Crippen LogP contribution in [0.3, 0.4) is 0 Å². The zero-order valence-corrected chi connectivity index (χ0v) is 31.0. The van der Waals surface area contributed by atoms with E-state index >= 15 is 0 Å². The number of hydrogen-bond donors (Lipinski definition) is 0. The number of anilines is 3. The first kappa shape index (κ1) is 32.7. The molecule has 4 heterocycles. The lowest BCUT2D eigenvalue weighted by Gasteiger charge is -2.41. The SMILES string of the molecule is [C-]#[N+]c1ccc2c(c1)Oc1cc(C#N)ccc1N2c1cccc2c1Oc1ccccc1C21c2cccnc2-c2ncc(C3c4ccccc4-c4cc(C#N)ccc43)cc21. The summed E-state index contributed by atoms with van der Waals surface area (Å²) >= 11 is 0. The van der Waals surface area contributed by atoms with E-state index in [9.17, 15) is 10.5 Å². The van der Waals surface area contributed by atoms with Crippen LogP contribution in [0.4, 0.5) is 22.7 Å². The van der Waals surface area contributed by atoms with E-state index in [1.807, 2.05) is 67.0 Å². The normalized spacial score (nSPS) is 16.6. The van der Waals surface area contributed by atoms with Crippen molar-refractivity contribution in [3.05, 3.63) is 213 Å². The van der Waals surface area contributed by atoms with Crippen LogP contribution in [0.15, 0.2) is 152 Å². The van der Waals surface area contributed by atoms with Gasteiger partial charge in [0.2, 0.25) is 0 Å². The molecule has 2 unspecified atom stereocenters. The zero-order chi connectivity index (χ0) is 39.4. The van der Waals surface area contributed by atoms with Gasteiger partial charge in [0.1, 0.15) is 11.5 Å². The fraction of sp³-hybridized carbons (Fsp3) is 0.0392. The summed E-state index contributed by atoms with van der Waals surface area (Å²) < 4.78 is 13.5. The number of aromatic nitrogens is 2. The van der Waals surface area contributed by atoms with Gasteiger partial charge < -0.3 is 9.47 Å². The smallest absolute Gasteiger partial charge is 0.191 e. The second kappa shape index (κ2) is 12.0. The van der Waals surface area contributed by atoms with Crippen molar-refractivity contribution in [1.82, 2.24) is 9.97 Å². The third-order valence-corrected chi connectivity index (χ3v) is 12.1. The molecule has 2 aliphatic heterocycles. The van der Waals surface area contributed by atoms with Gasteiger partial charge in [-0.2, -0.15) is 10.5 Å². The molecule has 8 aromatic rings. The van der Waals surface area contributed by atoms with Gasteiger partial charge in [-0.25, -0.2) is 4.85 Å². The Kier molecular flexibility index (Phi) is 6.65. The van der Waals surface area contributed by atoms with Crippen LogP contribution in [0.2, 0.25) is 0 Å². The van der Waals surface area contributed by atoms with Crippen molar-refractivity contribution in [3.8, 4) is 57.7 Å². The van der Waals surface area contributed by atoms with Crippen LogP contribution in [0.5, 0.6) is 23.0 Å². The molecule has 8 nitrogen and oxygen atoms in total. The fourth-order valence-corrected chi connectivity index (χ4v) is 9.79. The lowest BCUT2D eigenvalue weighted by Crippen LogP contribution is -2.33. The molecule has 59 heavy (non-hydrogen) atoms. The van der Waals surface area contributed by atoms with Crippen LogP contribution in [0.25, 0.3) is 27.4 Å². The molecule has 8 heteroatoms. The molecule has 0 fully saturated rings. The van der Waals surface area contributed by atoms with Crippen LogP contribution in [-0.4, -0.2) is 9.97 Å². The van der Waals surface area contributed by atoms with Crippen molar-refractivity contribution in [2.45, 2.75) is 11.3 Å². The van der Waals surface area contributed by atoms with Crippen LogP contribution in [0.1, 0.15) is 56.0 Å². The lowest BCUT2D eigenvalue weighted by atomic mass is 9.66. The minimum Gasteiger partial charge on any atom is -0.454 e. The summed E-state index contributed by atoms with van der Waals surface area (Å²) in [6.45, 7) is 7.72. The molecule has 0 saturated heterocycles.